The predicted molar refractivity (Wildman–Crippen MR) is 77.6 cm³/mol. The van der Waals surface area contributed by atoms with Crippen molar-refractivity contribution in [2.24, 2.45) is 0 Å². The van der Waals surface area contributed by atoms with Gasteiger partial charge < -0.3 is 4.74 Å². The summed E-state index contributed by atoms with van der Waals surface area (Å²) in [4.78, 5) is 0. The van der Waals surface area contributed by atoms with Gasteiger partial charge in [-0.2, -0.15) is 0 Å². The molecular weight excluding hydrogens is 367 g/mol. The van der Waals surface area contributed by atoms with Crippen LogP contribution in [0, 0.1) is 0 Å². The average molecular weight is 376 g/mol. The molecule has 0 amide bonds. The Kier molecular flexibility index (Phi) is 4.48. The lowest BCUT2D eigenvalue weighted by atomic mass is 10.2. The summed E-state index contributed by atoms with van der Waals surface area (Å²) in [5.41, 5.74) is 1.09. The standard InChI is InChI=1S/C13H9Br2ClO/c14-10-5-11(15)7-13(6-10)17-8-9-1-3-12(16)4-2-9/h1-7H,8H2. The van der Waals surface area contributed by atoms with E-state index in [9.17, 15) is 0 Å². The van der Waals surface area contributed by atoms with Crippen LogP contribution in [0.25, 0.3) is 0 Å². The zero-order valence-electron chi connectivity index (χ0n) is 8.79. The predicted octanol–water partition coefficient (Wildman–Crippen LogP) is 5.44. The Balaban J connectivity index is 2.04. The number of benzene rings is 2. The van der Waals surface area contributed by atoms with Crippen molar-refractivity contribution >= 4 is 43.5 Å². The quantitative estimate of drug-likeness (QED) is 0.693. The van der Waals surface area contributed by atoms with Crippen LogP contribution in [-0.2, 0) is 6.61 Å². The fourth-order valence-electron chi connectivity index (χ4n) is 1.36. The first-order chi connectivity index (χ1) is 8.13. The minimum Gasteiger partial charge on any atom is -0.489 e. The van der Waals surface area contributed by atoms with Crippen LogP contribution in [0.4, 0.5) is 0 Å². The molecule has 4 heteroatoms. The zero-order chi connectivity index (χ0) is 12.3. The third kappa shape index (κ3) is 4.02. The lowest BCUT2D eigenvalue weighted by Crippen LogP contribution is -1.95. The molecule has 0 unspecified atom stereocenters. The van der Waals surface area contributed by atoms with E-state index in [1.807, 2.05) is 42.5 Å². The van der Waals surface area contributed by atoms with E-state index in [2.05, 4.69) is 31.9 Å². The van der Waals surface area contributed by atoms with E-state index in [-0.39, 0.29) is 0 Å². The van der Waals surface area contributed by atoms with Crippen LogP contribution in [0.15, 0.2) is 51.4 Å². The maximum atomic E-state index is 5.82. The van der Waals surface area contributed by atoms with Gasteiger partial charge in [-0.15, -0.1) is 0 Å². The van der Waals surface area contributed by atoms with Gasteiger partial charge in [-0.1, -0.05) is 55.6 Å². The molecule has 2 rings (SSSR count). The third-order valence-corrected chi connectivity index (χ3v) is 3.32. The number of hydrogen-bond acceptors (Lipinski definition) is 1. The molecule has 0 aliphatic heterocycles. The van der Waals surface area contributed by atoms with Gasteiger partial charge in [0.05, 0.1) is 0 Å². The third-order valence-electron chi connectivity index (χ3n) is 2.15. The van der Waals surface area contributed by atoms with Gasteiger partial charge in [0.1, 0.15) is 12.4 Å². The van der Waals surface area contributed by atoms with Crippen LogP contribution in [0.5, 0.6) is 5.75 Å². The molecule has 1 nitrogen and oxygen atoms in total. The smallest absolute Gasteiger partial charge is 0.122 e. The lowest BCUT2D eigenvalue weighted by Gasteiger charge is -2.07. The first kappa shape index (κ1) is 12.9. The van der Waals surface area contributed by atoms with Crippen LogP contribution < -0.4 is 4.74 Å². The Morgan fingerprint density at radius 3 is 2.12 bits per heavy atom. The van der Waals surface area contributed by atoms with Crippen LogP contribution in [0.2, 0.25) is 5.02 Å². The minimum absolute atomic E-state index is 0.528. The summed E-state index contributed by atoms with van der Waals surface area (Å²) < 4.78 is 7.66. The van der Waals surface area contributed by atoms with Crippen molar-refractivity contribution in [2.75, 3.05) is 0 Å². The molecule has 2 aromatic rings. The summed E-state index contributed by atoms with van der Waals surface area (Å²) in [6, 6.07) is 13.5. The van der Waals surface area contributed by atoms with E-state index in [0.29, 0.717) is 6.61 Å². The molecule has 0 aromatic heterocycles. The molecule has 0 heterocycles. The van der Waals surface area contributed by atoms with Gasteiger partial charge in [-0.25, -0.2) is 0 Å². The molecule has 0 bridgehead atoms. The van der Waals surface area contributed by atoms with Crippen molar-refractivity contribution in [1.82, 2.24) is 0 Å². The Morgan fingerprint density at radius 1 is 0.941 bits per heavy atom. The second-order valence-electron chi connectivity index (χ2n) is 3.52. The highest BCUT2D eigenvalue weighted by atomic mass is 79.9. The molecule has 0 atom stereocenters. The summed E-state index contributed by atoms with van der Waals surface area (Å²) in [7, 11) is 0. The molecule has 2 aromatic carbocycles. The van der Waals surface area contributed by atoms with Crippen molar-refractivity contribution in [3.63, 3.8) is 0 Å². The summed E-state index contributed by atoms with van der Waals surface area (Å²) in [6.45, 7) is 0.528. The largest absolute Gasteiger partial charge is 0.489 e. The van der Waals surface area contributed by atoms with Crippen molar-refractivity contribution < 1.29 is 4.74 Å². The summed E-state index contributed by atoms with van der Waals surface area (Å²) in [5, 5.41) is 0.735. The Labute approximate surface area is 122 Å². The number of halogens is 3. The molecule has 0 aliphatic rings. The molecule has 17 heavy (non-hydrogen) atoms. The monoisotopic (exact) mass is 374 g/mol. The SMILES string of the molecule is Clc1ccc(COc2cc(Br)cc(Br)c2)cc1. The normalized spacial score (nSPS) is 10.3. The fourth-order valence-corrected chi connectivity index (χ4v) is 2.74. The van der Waals surface area contributed by atoms with E-state index in [0.717, 1.165) is 25.3 Å². The Bertz CT molecular complexity index is 491. The Morgan fingerprint density at radius 2 is 1.53 bits per heavy atom. The van der Waals surface area contributed by atoms with Gasteiger partial charge in [-0.3, -0.25) is 0 Å². The van der Waals surface area contributed by atoms with Crippen molar-refractivity contribution in [3.8, 4) is 5.75 Å². The lowest BCUT2D eigenvalue weighted by molar-refractivity contribution is 0.306. The summed E-state index contributed by atoms with van der Waals surface area (Å²) in [6.07, 6.45) is 0. The maximum Gasteiger partial charge on any atom is 0.122 e. The van der Waals surface area contributed by atoms with E-state index >= 15 is 0 Å². The highest BCUT2D eigenvalue weighted by molar-refractivity contribution is 9.11. The molecule has 0 saturated carbocycles. The number of ether oxygens (including phenoxy) is 1. The van der Waals surface area contributed by atoms with E-state index < -0.39 is 0 Å². The van der Waals surface area contributed by atoms with Crippen LogP contribution in [0.1, 0.15) is 5.56 Å². The second-order valence-corrected chi connectivity index (χ2v) is 5.79. The highest BCUT2D eigenvalue weighted by Crippen LogP contribution is 2.25. The molecule has 0 fully saturated rings. The van der Waals surface area contributed by atoms with E-state index in [1.54, 1.807) is 0 Å². The summed E-state index contributed by atoms with van der Waals surface area (Å²) in [5.74, 6) is 0.821. The van der Waals surface area contributed by atoms with Gasteiger partial charge in [0.15, 0.2) is 0 Å². The topological polar surface area (TPSA) is 9.23 Å². The zero-order valence-corrected chi connectivity index (χ0v) is 12.7. The van der Waals surface area contributed by atoms with Crippen LogP contribution in [0.3, 0.4) is 0 Å². The average Bonchev–Trinajstić information content (AvgIpc) is 2.27. The van der Waals surface area contributed by atoms with Gasteiger partial charge in [0.2, 0.25) is 0 Å². The first-order valence-electron chi connectivity index (χ1n) is 4.97. The number of hydrogen-bond donors (Lipinski definition) is 0. The highest BCUT2D eigenvalue weighted by Gasteiger charge is 1.99. The molecule has 0 N–H and O–H groups in total. The minimum atomic E-state index is 0.528. The summed E-state index contributed by atoms with van der Waals surface area (Å²) >= 11 is 12.7. The van der Waals surface area contributed by atoms with E-state index in [1.165, 1.54) is 0 Å². The molecule has 0 spiro atoms. The van der Waals surface area contributed by atoms with Gasteiger partial charge >= 0.3 is 0 Å². The molecule has 0 radical (unpaired) electrons. The molecule has 0 saturated heterocycles. The van der Waals surface area contributed by atoms with Crippen LogP contribution >= 0.6 is 43.5 Å². The molecule has 88 valence electrons. The molecule has 0 aliphatic carbocycles. The van der Waals surface area contributed by atoms with Crippen molar-refractivity contribution in [1.29, 1.82) is 0 Å². The van der Waals surface area contributed by atoms with Gasteiger partial charge in [-0.05, 0) is 35.9 Å². The first-order valence-corrected chi connectivity index (χ1v) is 6.93. The fraction of sp³-hybridized carbons (Fsp3) is 0.0769. The van der Waals surface area contributed by atoms with Crippen molar-refractivity contribution in [3.05, 3.63) is 62.0 Å². The van der Waals surface area contributed by atoms with Gasteiger partial charge in [0, 0.05) is 14.0 Å². The Hall–Kier alpha value is -0.510. The van der Waals surface area contributed by atoms with Crippen LogP contribution in [-0.4, -0.2) is 0 Å². The van der Waals surface area contributed by atoms with Gasteiger partial charge in [0.25, 0.3) is 0 Å². The molecular formula is C13H9Br2ClO. The van der Waals surface area contributed by atoms with Crippen molar-refractivity contribution in [2.45, 2.75) is 6.61 Å². The second kappa shape index (κ2) is 5.89. The van der Waals surface area contributed by atoms with E-state index in [4.69, 9.17) is 16.3 Å². The number of rotatable bonds is 3. The maximum absolute atomic E-state index is 5.82.